The number of amides is 3. The van der Waals surface area contributed by atoms with Crippen LogP contribution >= 0.6 is 0 Å². The average Bonchev–Trinajstić information content (AvgIpc) is 2.78. The molecule has 0 aromatic heterocycles. The molecular weight excluding hydrogens is 362 g/mol. The molecule has 0 bridgehead atoms. The zero-order valence-electron chi connectivity index (χ0n) is 16.1. The summed E-state index contributed by atoms with van der Waals surface area (Å²) >= 11 is 0. The summed E-state index contributed by atoms with van der Waals surface area (Å²) in [5, 5.41) is 5.49. The second-order valence-electron chi connectivity index (χ2n) is 7.03. The second-order valence-corrected chi connectivity index (χ2v) is 7.03. The highest BCUT2D eigenvalue weighted by Gasteiger charge is 2.22. The Kier molecular flexibility index (Phi) is 5.56. The van der Waals surface area contributed by atoms with Crippen molar-refractivity contribution in [3.05, 3.63) is 84.4 Å². The molecule has 146 valence electrons. The number of hydrogen-bond donors (Lipinski definition) is 2. The van der Waals surface area contributed by atoms with Crippen LogP contribution in [0.1, 0.15) is 12.0 Å². The molecule has 0 radical (unpaired) electrons. The summed E-state index contributed by atoms with van der Waals surface area (Å²) in [4.78, 5) is 26.7. The third kappa shape index (κ3) is 4.46. The molecule has 5 nitrogen and oxygen atoms in total. The van der Waals surface area contributed by atoms with Crippen LogP contribution in [-0.2, 0) is 11.2 Å². The van der Waals surface area contributed by atoms with Crippen molar-refractivity contribution in [2.45, 2.75) is 12.8 Å². The van der Waals surface area contributed by atoms with Gasteiger partial charge in [-0.15, -0.1) is 0 Å². The van der Waals surface area contributed by atoms with E-state index in [4.69, 9.17) is 0 Å². The molecule has 0 saturated heterocycles. The molecule has 0 aliphatic carbocycles. The molecule has 0 atom stereocenters. The molecule has 1 heterocycles. The maximum absolute atomic E-state index is 12.6. The lowest BCUT2D eigenvalue weighted by Crippen LogP contribution is -2.43. The van der Waals surface area contributed by atoms with E-state index in [0.717, 1.165) is 29.7 Å². The summed E-state index contributed by atoms with van der Waals surface area (Å²) in [7, 11) is 0. The summed E-state index contributed by atoms with van der Waals surface area (Å²) in [5.74, 6) is -0.106. The number of aryl methyl sites for hydroxylation is 1. The Bertz CT molecular complexity index is 1020. The van der Waals surface area contributed by atoms with Crippen molar-refractivity contribution in [1.29, 1.82) is 0 Å². The molecule has 1 aliphatic heterocycles. The van der Waals surface area contributed by atoms with Crippen molar-refractivity contribution in [2.24, 2.45) is 0 Å². The fourth-order valence-corrected chi connectivity index (χ4v) is 3.63. The summed E-state index contributed by atoms with van der Waals surface area (Å²) in [5.41, 5.74) is 4.90. The van der Waals surface area contributed by atoms with Gasteiger partial charge >= 0.3 is 6.03 Å². The van der Waals surface area contributed by atoms with Crippen LogP contribution in [0.2, 0.25) is 0 Å². The molecule has 29 heavy (non-hydrogen) atoms. The summed E-state index contributed by atoms with van der Waals surface area (Å²) in [6, 6.07) is 25.1. The van der Waals surface area contributed by atoms with Crippen molar-refractivity contribution in [3.8, 4) is 11.1 Å². The maximum Gasteiger partial charge on any atom is 0.319 e. The third-order valence-electron chi connectivity index (χ3n) is 5.04. The Balaban J connectivity index is 1.36. The lowest BCUT2D eigenvalue weighted by atomic mass is 10.0. The van der Waals surface area contributed by atoms with Gasteiger partial charge in [-0.3, -0.25) is 4.79 Å². The minimum atomic E-state index is -0.395. The van der Waals surface area contributed by atoms with Crippen LogP contribution in [0, 0.1) is 0 Å². The van der Waals surface area contributed by atoms with Crippen LogP contribution in [0.15, 0.2) is 78.9 Å². The van der Waals surface area contributed by atoms with Crippen LogP contribution in [0.4, 0.5) is 16.2 Å². The second kappa shape index (κ2) is 8.61. The van der Waals surface area contributed by atoms with E-state index in [0.29, 0.717) is 12.2 Å². The Morgan fingerprint density at radius 1 is 0.862 bits per heavy atom. The van der Waals surface area contributed by atoms with Gasteiger partial charge in [-0.2, -0.15) is 0 Å². The Hall–Kier alpha value is -3.60. The summed E-state index contributed by atoms with van der Waals surface area (Å²) in [6.07, 6.45) is 1.91. The van der Waals surface area contributed by atoms with Gasteiger partial charge in [0.15, 0.2) is 0 Å². The molecular formula is C24H23N3O2. The minimum absolute atomic E-state index is 0.0431. The number of fused-ring (bicyclic) bond motifs is 1. The normalized spacial score (nSPS) is 12.8. The largest absolute Gasteiger partial charge is 0.329 e. The lowest BCUT2D eigenvalue weighted by Gasteiger charge is -2.29. The van der Waals surface area contributed by atoms with Crippen molar-refractivity contribution >= 4 is 23.3 Å². The topological polar surface area (TPSA) is 61.4 Å². The van der Waals surface area contributed by atoms with E-state index in [1.807, 2.05) is 72.8 Å². The van der Waals surface area contributed by atoms with E-state index >= 15 is 0 Å². The number of carbonyl (C=O) groups is 2. The molecule has 0 spiro atoms. The molecule has 1 aliphatic rings. The first-order valence-electron chi connectivity index (χ1n) is 9.79. The highest BCUT2D eigenvalue weighted by Crippen LogP contribution is 2.26. The van der Waals surface area contributed by atoms with E-state index < -0.39 is 6.03 Å². The Morgan fingerprint density at radius 2 is 1.62 bits per heavy atom. The number of nitrogens with zero attached hydrogens (tertiary/aromatic N) is 1. The van der Waals surface area contributed by atoms with Crippen LogP contribution in [-0.4, -0.2) is 25.0 Å². The predicted molar refractivity (Wildman–Crippen MR) is 116 cm³/mol. The van der Waals surface area contributed by atoms with Gasteiger partial charge in [0.05, 0.1) is 6.54 Å². The average molecular weight is 385 g/mol. The summed E-state index contributed by atoms with van der Waals surface area (Å²) in [6.45, 7) is 0.636. The number of rotatable bonds is 4. The van der Waals surface area contributed by atoms with Crippen LogP contribution in [0.5, 0.6) is 0 Å². The number of nitrogens with one attached hydrogen (secondary N) is 2. The predicted octanol–water partition coefficient (Wildman–Crippen LogP) is 4.45. The Morgan fingerprint density at radius 3 is 2.48 bits per heavy atom. The van der Waals surface area contributed by atoms with Crippen LogP contribution in [0.25, 0.3) is 11.1 Å². The smallest absolute Gasteiger partial charge is 0.319 e. The number of anilines is 2. The fraction of sp³-hybridized carbons (Fsp3) is 0.167. The van der Waals surface area contributed by atoms with Gasteiger partial charge in [0.25, 0.3) is 0 Å². The van der Waals surface area contributed by atoms with Crippen molar-refractivity contribution < 1.29 is 9.59 Å². The highest BCUT2D eigenvalue weighted by molar-refractivity contribution is 5.99. The standard InChI is InChI=1S/C24H23N3O2/c28-23(27-15-7-12-19-10-4-5-14-22(19)27)17-25-24(29)26-21-13-6-11-20(16-21)18-8-2-1-3-9-18/h1-6,8-11,13-14,16H,7,12,15,17H2,(H2,25,26,29). The number of benzene rings is 3. The molecule has 4 rings (SSSR count). The first kappa shape index (κ1) is 18.7. The van der Waals surface area contributed by atoms with Gasteiger partial charge < -0.3 is 15.5 Å². The van der Waals surface area contributed by atoms with Crippen molar-refractivity contribution in [3.63, 3.8) is 0 Å². The maximum atomic E-state index is 12.6. The first-order valence-corrected chi connectivity index (χ1v) is 9.79. The quantitative estimate of drug-likeness (QED) is 0.697. The van der Waals surface area contributed by atoms with Gasteiger partial charge in [0.1, 0.15) is 0 Å². The monoisotopic (exact) mass is 385 g/mol. The van der Waals surface area contributed by atoms with E-state index in [-0.39, 0.29) is 12.5 Å². The summed E-state index contributed by atoms with van der Waals surface area (Å²) < 4.78 is 0. The zero-order chi connectivity index (χ0) is 20.1. The van der Waals surface area contributed by atoms with Crippen molar-refractivity contribution in [1.82, 2.24) is 5.32 Å². The van der Waals surface area contributed by atoms with Crippen molar-refractivity contribution in [2.75, 3.05) is 23.3 Å². The molecule has 5 heteroatoms. The van der Waals surface area contributed by atoms with Gasteiger partial charge in [-0.05, 0) is 47.7 Å². The minimum Gasteiger partial charge on any atom is -0.329 e. The lowest BCUT2D eigenvalue weighted by molar-refractivity contribution is -0.117. The third-order valence-corrected chi connectivity index (χ3v) is 5.04. The van der Waals surface area contributed by atoms with E-state index in [9.17, 15) is 9.59 Å². The molecule has 3 amide bonds. The number of urea groups is 1. The van der Waals surface area contributed by atoms with Gasteiger partial charge in [-0.1, -0.05) is 60.7 Å². The first-order chi connectivity index (χ1) is 14.2. The molecule has 2 N–H and O–H groups in total. The number of carbonyl (C=O) groups excluding carboxylic acids is 2. The van der Waals surface area contributed by atoms with E-state index in [1.165, 1.54) is 5.56 Å². The zero-order valence-corrected chi connectivity index (χ0v) is 16.1. The molecule has 0 fully saturated rings. The van der Waals surface area contributed by atoms with E-state index in [1.54, 1.807) is 4.90 Å². The molecule has 0 saturated carbocycles. The molecule has 3 aromatic carbocycles. The SMILES string of the molecule is O=C(NCC(=O)N1CCCc2ccccc21)Nc1cccc(-c2ccccc2)c1. The van der Waals surface area contributed by atoms with E-state index in [2.05, 4.69) is 16.7 Å². The number of hydrogen-bond acceptors (Lipinski definition) is 2. The molecule has 0 unspecified atom stereocenters. The fourth-order valence-electron chi connectivity index (χ4n) is 3.63. The van der Waals surface area contributed by atoms with Crippen LogP contribution in [0.3, 0.4) is 0 Å². The highest BCUT2D eigenvalue weighted by atomic mass is 16.2. The van der Waals surface area contributed by atoms with Crippen LogP contribution < -0.4 is 15.5 Å². The Labute approximate surface area is 170 Å². The van der Waals surface area contributed by atoms with Gasteiger partial charge in [0, 0.05) is 17.9 Å². The molecule has 3 aromatic rings. The van der Waals surface area contributed by atoms with Gasteiger partial charge in [0.2, 0.25) is 5.91 Å². The number of para-hydroxylation sites is 1. The van der Waals surface area contributed by atoms with Gasteiger partial charge in [-0.25, -0.2) is 4.79 Å².